The van der Waals surface area contributed by atoms with Crippen LogP contribution >= 0.6 is 0 Å². The summed E-state index contributed by atoms with van der Waals surface area (Å²) in [4.78, 5) is 0. The van der Waals surface area contributed by atoms with E-state index >= 15 is 0 Å². The number of fused-ring (bicyclic) bond motifs is 6. The largest absolute Gasteiger partial charge is 0.309 e. The number of hydrogen-bond donors (Lipinski definition) is 0. The summed E-state index contributed by atoms with van der Waals surface area (Å²) in [6.45, 7) is 0. The van der Waals surface area contributed by atoms with Gasteiger partial charge in [-0.05, 0) is 99.1 Å². The van der Waals surface area contributed by atoms with Gasteiger partial charge in [-0.25, -0.2) is 0 Å². The second kappa shape index (κ2) is 13.2. The minimum absolute atomic E-state index is 1.15. The molecule has 0 aliphatic carbocycles. The van der Waals surface area contributed by atoms with E-state index in [2.05, 4.69) is 228 Å². The molecule has 2 heteroatoms. The lowest BCUT2D eigenvalue weighted by Crippen LogP contribution is -1.95. The Morgan fingerprint density at radius 2 is 0.554 bits per heavy atom. The van der Waals surface area contributed by atoms with Crippen molar-refractivity contribution in [3.63, 3.8) is 0 Å². The van der Waals surface area contributed by atoms with E-state index in [1.54, 1.807) is 0 Å². The average molecular weight is 713 g/mol. The molecule has 2 heterocycles. The fraction of sp³-hybridized carbons (Fsp3) is 0. The van der Waals surface area contributed by atoms with Gasteiger partial charge in [0.15, 0.2) is 0 Å². The molecule has 0 unspecified atom stereocenters. The lowest BCUT2D eigenvalue weighted by molar-refractivity contribution is 1.18. The molecule has 56 heavy (non-hydrogen) atoms. The van der Waals surface area contributed by atoms with Gasteiger partial charge in [-0.1, -0.05) is 164 Å². The Labute approximate surface area is 325 Å². The first-order valence-corrected chi connectivity index (χ1v) is 19.3. The van der Waals surface area contributed by atoms with Crippen molar-refractivity contribution >= 4 is 43.6 Å². The fourth-order valence-corrected chi connectivity index (χ4v) is 8.61. The third-order valence-electron chi connectivity index (χ3n) is 11.3. The van der Waals surface area contributed by atoms with Gasteiger partial charge < -0.3 is 9.13 Å². The molecule has 9 aromatic carbocycles. The van der Waals surface area contributed by atoms with E-state index in [-0.39, 0.29) is 0 Å². The predicted molar refractivity (Wildman–Crippen MR) is 237 cm³/mol. The molecule has 0 aliphatic rings. The zero-order valence-electron chi connectivity index (χ0n) is 30.7. The molecule has 262 valence electrons. The molecule has 0 bridgehead atoms. The molecule has 0 saturated heterocycles. The zero-order valence-corrected chi connectivity index (χ0v) is 30.7. The van der Waals surface area contributed by atoms with Crippen molar-refractivity contribution in [2.45, 2.75) is 0 Å². The number of rotatable bonds is 6. The van der Waals surface area contributed by atoms with Gasteiger partial charge in [0.25, 0.3) is 0 Å². The van der Waals surface area contributed by atoms with Gasteiger partial charge in [0.1, 0.15) is 0 Å². The first-order valence-electron chi connectivity index (χ1n) is 19.3. The van der Waals surface area contributed by atoms with Crippen LogP contribution in [-0.4, -0.2) is 9.13 Å². The van der Waals surface area contributed by atoms with E-state index in [1.165, 1.54) is 88.1 Å². The standard InChI is InChI=1S/C54H36N2/c1-5-14-37(15-6-1)40-20-13-23-46(32-40)56-51-31-27-41(33-50(51)49-30-25-43(35-54(49)56)39-18-9-3-10-19-39)44-26-29-48-47-28-24-42(38-16-7-2-8-17-38)34-52(47)55(53(48)36-44)45-21-11-4-12-22-45/h1-36H. The van der Waals surface area contributed by atoms with Crippen molar-refractivity contribution < 1.29 is 0 Å². The minimum atomic E-state index is 1.15. The van der Waals surface area contributed by atoms with Gasteiger partial charge in [0, 0.05) is 32.9 Å². The second-order valence-corrected chi connectivity index (χ2v) is 14.6. The number of para-hydroxylation sites is 1. The van der Waals surface area contributed by atoms with Gasteiger partial charge in [-0.2, -0.15) is 0 Å². The van der Waals surface area contributed by atoms with E-state index in [0.717, 1.165) is 11.4 Å². The van der Waals surface area contributed by atoms with Crippen LogP contribution in [-0.2, 0) is 0 Å². The molecule has 0 N–H and O–H groups in total. The Hall–Kier alpha value is -7.42. The topological polar surface area (TPSA) is 9.86 Å². The summed E-state index contributed by atoms with van der Waals surface area (Å²) in [7, 11) is 0. The Morgan fingerprint density at radius 1 is 0.196 bits per heavy atom. The van der Waals surface area contributed by atoms with Gasteiger partial charge in [0.2, 0.25) is 0 Å². The third kappa shape index (κ3) is 5.34. The summed E-state index contributed by atoms with van der Waals surface area (Å²) in [6.07, 6.45) is 0. The first-order chi connectivity index (χ1) is 27.8. The van der Waals surface area contributed by atoms with Crippen LogP contribution in [0.3, 0.4) is 0 Å². The highest BCUT2D eigenvalue weighted by molar-refractivity contribution is 6.13. The van der Waals surface area contributed by atoms with E-state index < -0.39 is 0 Å². The smallest absolute Gasteiger partial charge is 0.0547 e. The van der Waals surface area contributed by atoms with Crippen molar-refractivity contribution in [2.24, 2.45) is 0 Å². The molecule has 0 radical (unpaired) electrons. The quantitative estimate of drug-likeness (QED) is 0.162. The number of benzene rings is 9. The molecule has 2 aromatic heterocycles. The highest BCUT2D eigenvalue weighted by Crippen LogP contribution is 2.40. The molecule has 0 spiro atoms. The van der Waals surface area contributed by atoms with Crippen LogP contribution in [0.5, 0.6) is 0 Å². The van der Waals surface area contributed by atoms with Crippen LogP contribution in [0, 0.1) is 0 Å². The Kier molecular flexibility index (Phi) is 7.53. The monoisotopic (exact) mass is 712 g/mol. The summed E-state index contributed by atoms with van der Waals surface area (Å²) in [5, 5.41) is 4.97. The molecule has 0 amide bonds. The van der Waals surface area contributed by atoms with Crippen molar-refractivity contribution in [3.05, 3.63) is 218 Å². The maximum Gasteiger partial charge on any atom is 0.0547 e. The number of aromatic nitrogens is 2. The number of hydrogen-bond acceptors (Lipinski definition) is 0. The van der Waals surface area contributed by atoms with E-state index in [9.17, 15) is 0 Å². The Morgan fingerprint density at radius 3 is 1.07 bits per heavy atom. The maximum atomic E-state index is 2.44. The highest BCUT2D eigenvalue weighted by atomic mass is 15.0. The predicted octanol–water partition coefficient (Wildman–Crippen LogP) is 14.5. The summed E-state index contributed by atoms with van der Waals surface area (Å²) >= 11 is 0. The molecule has 0 fully saturated rings. The molecule has 2 nitrogen and oxygen atoms in total. The van der Waals surface area contributed by atoms with Gasteiger partial charge in [-0.3, -0.25) is 0 Å². The molecule has 11 rings (SSSR count). The first kappa shape index (κ1) is 32.0. The SMILES string of the molecule is c1ccc(-c2cccc(-n3c4ccc(-c5ccc6c7ccc(-c8ccccc8)cc7n(-c7ccccc7)c6c5)cc4c4ccc(-c5ccccc5)cc43)c2)cc1. The second-order valence-electron chi connectivity index (χ2n) is 14.6. The highest BCUT2D eigenvalue weighted by Gasteiger charge is 2.18. The third-order valence-corrected chi connectivity index (χ3v) is 11.3. The summed E-state index contributed by atoms with van der Waals surface area (Å²) < 4.78 is 4.87. The fourth-order valence-electron chi connectivity index (χ4n) is 8.61. The van der Waals surface area contributed by atoms with Crippen LogP contribution in [0.25, 0.3) is 99.5 Å². The lowest BCUT2D eigenvalue weighted by Gasteiger charge is -2.12. The van der Waals surface area contributed by atoms with Crippen LogP contribution in [0.1, 0.15) is 0 Å². The zero-order chi connectivity index (χ0) is 37.0. The molecular formula is C54H36N2. The Bertz CT molecular complexity index is 3210. The van der Waals surface area contributed by atoms with Crippen LogP contribution in [0.15, 0.2) is 218 Å². The molecular weight excluding hydrogens is 677 g/mol. The van der Waals surface area contributed by atoms with E-state index in [0.29, 0.717) is 0 Å². The van der Waals surface area contributed by atoms with Crippen LogP contribution < -0.4 is 0 Å². The van der Waals surface area contributed by atoms with Gasteiger partial charge >= 0.3 is 0 Å². The number of nitrogens with zero attached hydrogens (tertiary/aromatic N) is 2. The molecule has 0 atom stereocenters. The normalized spacial score (nSPS) is 11.6. The average Bonchev–Trinajstić information content (AvgIpc) is 3.79. The van der Waals surface area contributed by atoms with E-state index in [1.807, 2.05) is 0 Å². The van der Waals surface area contributed by atoms with Gasteiger partial charge in [0.05, 0.1) is 22.1 Å². The van der Waals surface area contributed by atoms with Crippen LogP contribution in [0.2, 0.25) is 0 Å². The minimum Gasteiger partial charge on any atom is -0.309 e. The van der Waals surface area contributed by atoms with Crippen molar-refractivity contribution in [1.29, 1.82) is 0 Å². The van der Waals surface area contributed by atoms with Crippen molar-refractivity contribution in [1.82, 2.24) is 9.13 Å². The van der Waals surface area contributed by atoms with Crippen LogP contribution in [0.4, 0.5) is 0 Å². The summed E-state index contributed by atoms with van der Waals surface area (Å²) in [5.74, 6) is 0. The summed E-state index contributed by atoms with van der Waals surface area (Å²) in [5.41, 5.74) is 16.7. The van der Waals surface area contributed by atoms with Crippen molar-refractivity contribution in [2.75, 3.05) is 0 Å². The molecule has 0 aliphatic heterocycles. The lowest BCUT2D eigenvalue weighted by atomic mass is 9.99. The molecule has 0 saturated carbocycles. The van der Waals surface area contributed by atoms with Crippen molar-refractivity contribution in [3.8, 4) is 55.9 Å². The van der Waals surface area contributed by atoms with Gasteiger partial charge in [-0.15, -0.1) is 0 Å². The Balaban J connectivity index is 1.12. The maximum absolute atomic E-state index is 2.44. The summed E-state index contributed by atoms with van der Waals surface area (Å²) in [6, 6.07) is 79.4. The molecule has 11 aromatic rings. The van der Waals surface area contributed by atoms with E-state index in [4.69, 9.17) is 0 Å².